The lowest BCUT2D eigenvalue weighted by atomic mass is 10.2. The Hall–Kier alpha value is -2.21. The van der Waals surface area contributed by atoms with E-state index in [0.717, 1.165) is 37.0 Å². The Morgan fingerprint density at radius 3 is 2.14 bits per heavy atom. The van der Waals surface area contributed by atoms with Crippen molar-refractivity contribution in [3.05, 3.63) is 35.4 Å². The number of benzene rings is 1. The first-order chi connectivity index (χ1) is 10.1. The topological polar surface area (TPSA) is 84.3 Å². The normalized spacial score (nSPS) is 15.3. The summed E-state index contributed by atoms with van der Waals surface area (Å²) in [4.78, 5) is 12.6. The highest BCUT2D eigenvalue weighted by atomic mass is 35.5. The molecule has 0 radical (unpaired) electrons. The van der Waals surface area contributed by atoms with Crippen LogP contribution in [-0.2, 0) is 0 Å². The Bertz CT molecular complexity index is 602. The molecule has 1 aromatic heterocycles. The van der Waals surface area contributed by atoms with Gasteiger partial charge in [0.25, 0.3) is 0 Å². The van der Waals surface area contributed by atoms with Crippen molar-refractivity contribution in [2.24, 2.45) is 0 Å². The van der Waals surface area contributed by atoms with Gasteiger partial charge in [0.1, 0.15) is 11.6 Å². The molecule has 21 heavy (non-hydrogen) atoms. The number of hydrogen-bond acceptors (Lipinski definition) is 6. The first kappa shape index (κ1) is 13.8. The number of nitrogen functional groups attached to an aromatic ring is 2. The maximum Gasteiger partial charge on any atom is 0.223 e. The van der Waals surface area contributed by atoms with Crippen molar-refractivity contribution in [1.29, 1.82) is 0 Å². The van der Waals surface area contributed by atoms with E-state index in [4.69, 9.17) is 23.1 Å². The molecule has 0 aliphatic carbocycles. The minimum atomic E-state index is 0.213. The number of nitrogens with zero attached hydrogens (tertiary/aromatic N) is 4. The summed E-state index contributed by atoms with van der Waals surface area (Å²) < 4.78 is 0. The molecular formula is C14H17ClN6. The molecule has 6 nitrogen and oxygen atoms in total. The molecule has 3 rings (SSSR count). The van der Waals surface area contributed by atoms with Crippen LogP contribution in [0.2, 0.25) is 5.02 Å². The van der Waals surface area contributed by atoms with E-state index >= 15 is 0 Å². The molecule has 110 valence electrons. The predicted octanol–water partition coefficient (Wildman–Crippen LogP) is 1.62. The highest BCUT2D eigenvalue weighted by Crippen LogP contribution is 2.22. The zero-order valence-electron chi connectivity index (χ0n) is 11.5. The Kier molecular flexibility index (Phi) is 3.70. The lowest BCUT2D eigenvalue weighted by Gasteiger charge is -2.36. The molecule has 0 saturated carbocycles. The minimum absolute atomic E-state index is 0.213. The second kappa shape index (κ2) is 5.65. The van der Waals surface area contributed by atoms with Gasteiger partial charge in [0.2, 0.25) is 5.95 Å². The summed E-state index contributed by atoms with van der Waals surface area (Å²) in [6.45, 7) is 3.54. The predicted molar refractivity (Wildman–Crippen MR) is 86.7 cm³/mol. The lowest BCUT2D eigenvalue weighted by molar-refractivity contribution is 0.647. The van der Waals surface area contributed by atoms with Crippen molar-refractivity contribution in [2.75, 3.05) is 47.4 Å². The van der Waals surface area contributed by atoms with Gasteiger partial charge in [-0.1, -0.05) is 11.6 Å². The largest absolute Gasteiger partial charge is 0.383 e. The van der Waals surface area contributed by atoms with Crippen molar-refractivity contribution in [1.82, 2.24) is 9.97 Å². The molecule has 0 spiro atoms. The molecule has 4 N–H and O–H groups in total. The van der Waals surface area contributed by atoms with E-state index in [0.29, 0.717) is 5.82 Å². The van der Waals surface area contributed by atoms with Crippen molar-refractivity contribution in [3.63, 3.8) is 0 Å². The van der Waals surface area contributed by atoms with Crippen LogP contribution in [0.25, 0.3) is 0 Å². The lowest BCUT2D eigenvalue weighted by Crippen LogP contribution is -2.46. The molecule has 2 heterocycles. The summed E-state index contributed by atoms with van der Waals surface area (Å²) in [5, 5.41) is 0.754. The zero-order chi connectivity index (χ0) is 14.8. The van der Waals surface area contributed by atoms with Crippen LogP contribution in [0.1, 0.15) is 0 Å². The fourth-order valence-corrected chi connectivity index (χ4v) is 2.61. The quantitative estimate of drug-likeness (QED) is 0.877. The Balaban J connectivity index is 1.68. The SMILES string of the molecule is Nc1cc(N2CCN(c3ccc(Cl)cc3)CC2)nc(N)n1. The van der Waals surface area contributed by atoms with Crippen molar-refractivity contribution >= 4 is 34.9 Å². The number of halogens is 1. The smallest absolute Gasteiger partial charge is 0.223 e. The summed E-state index contributed by atoms with van der Waals surface area (Å²) in [6, 6.07) is 9.66. The van der Waals surface area contributed by atoms with Crippen LogP contribution < -0.4 is 21.3 Å². The van der Waals surface area contributed by atoms with Gasteiger partial charge >= 0.3 is 0 Å². The Morgan fingerprint density at radius 2 is 1.52 bits per heavy atom. The average Bonchev–Trinajstić information content (AvgIpc) is 2.47. The Labute approximate surface area is 128 Å². The van der Waals surface area contributed by atoms with Crippen LogP contribution in [0.5, 0.6) is 0 Å². The highest BCUT2D eigenvalue weighted by Gasteiger charge is 2.19. The second-order valence-electron chi connectivity index (χ2n) is 4.96. The maximum absolute atomic E-state index is 5.92. The molecule has 2 aromatic rings. The van der Waals surface area contributed by atoms with Crippen molar-refractivity contribution in [2.45, 2.75) is 0 Å². The molecule has 1 aliphatic rings. The van der Waals surface area contributed by atoms with Gasteiger partial charge in [-0.25, -0.2) is 0 Å². The fourth-order valence-electron chi connectivity index (χ4n) is 2.48. The third-order valence-corrected chi connectivity index (χ3v) is 3.80. The van der Waals surface area contributed by atoms with Crippen LogP contribution in [0.4, 0.5) is 23.3 Å². The first-order valence-electron chi connectivity index (χ1n) is 6.77. The highest BCUT2D eigenvalue weighted by molar-refractivity contribution is 6.30. The molecule has 0 bridgehead atoms. The Morgan fingerprint density at radius 1 is 0.905 bits per heavy atom. The third kappa shape index (κ3) is 3.11. The molecule has 1 aliphatic heterocycles. The molecule has 0 amide bonds. The average molecular weight is 305 g/mol. The van der Waals surface area contributed by atoms with E-state index in [1.807, 2.05) is 24.3 Å². The zero-order valence-corrected chi connectivity index (χ0v) is 12.3. The summed E-state index contributed by atoms with van der Waals surface area (Å²) in [5.41, 5.74) is 12.5. The minimum Gasteiger partial charge on any atom is -0.383 e. The number of nitrogens with two attached hydrogens (primary N) is 2. The first-order valence-corrected chi connectivity index (χ1v) is 7.15. The van der Waals surface area contributed by atoms with Gasteiger partial charge in [-0.15, -0.1) is 0 Å². The molecule has 1 fully saturated rings. The van der Waals surface area contributed by atoms with Gasteiger partial charge in [0, 0.05) is 43.0 Å². The molecule has 7 heteroatoms. The van der Waals surface area contributed by atoms with Gasteiger partial charge in [-0.2, -0.15) is 9.97 Å². The van der Waals surface area contributed by atoms with Crippen molar-refractivity contribution in [3.8, 4) is 0 Å². The molecule has 1 saturated heterocycles. The van der Waals surface area contributed by atoms with Crippen LogP contribution in [0.15, 0.2) is 30.3 Å². The van der Waals surface area contributed by atoms with Gasteiger partial charge in [0.05, 0.1) is 0 Å². The van der Waals surface area contributed by atoms with Crippen LogP contribution in [-0.4, -0.2) is 36.1 Å². The number of rotatable bonds is 2. The second-order valence-corrected chi connectivity index (χ2v) is 5.40. The van der Waals surface area contributed by atoms with E-state index in [1.165, 1.54) is 5.69 Å². The van der Waals surface area contributed by atoms with Crippen molar-refractivity contribution < 1.29 is 0 Å². The van der Waals surface area contributed by atoms with Gasteiger partial charge in [-0.05, 0) is 24.3 Å². The molecule has 0 unspecified atom stereocenters. The summed E-state index contributed by atoms with van der Waals surface area (Å²) >= 11 is 5.92. The molecule has 0 atom stereocenters. The van der Waals surface area contributed by atoms with E-state index in [-0.39, 0.29) is 5.95 Å². The number of anilines is 4. The fraction of sp³-hybridized carbons (Fsp3) is 0.286. The van der Waals surface area contributed by atoms with Gasteiger partial charge in [-0.3, -0.25) is 0 Å². The monoisotopic (exact) mass is 304 g/mol. The summed E-state index contributed by atoms with van der Waals surface area (Å²) in [6.07, 6.45) is 0. The summed E-state index contributed by atoms with van der Waals surface area (Å²) in [7, 11) is 0. The maximum atomic E-state index is 5.92. The molecule has 1 aromatic carbocycles. The standard InChI is InChI=1S/C14H17ClN6/c15-10-1-3-11(4-2-10)20-5-7-21(8-6-20)13-9-12(16)18-14(17)19-13/h1-4,9H,5-8H2,(H4,16,17,18,19). The van der Waals surface area contributed by atoms with Crippen LogP contribution >= 0.6 is 11.6 Å². The van der Waals surface area contributed by atoms with E-state index < -0.39 is 0 Å². The number of piperazine rings is 1. The molecular weight excluding hydrogens is 288 g/mol. The van der Waals surface area contributed by atoms with Crippen LogP contribution in [0.3, 0.4) is 0 Å². The van der Waals surface area contributed by atoms with E-state index in [9.17, 15) is 0 Å². The van der Waals surface area contributed by atoms with Gasteiger partial charge in [0.15, 0.2) is 0 Å². The number of aromatic nitrogens is 2. The third-order valence-electron chi connectivity index (χ3n) is 3.55. The van der Waals surface area contributed by atoms with E-state index in [1.54, 1.807) is 6.07 Å². The van der Waals surface area contributed by atoms with Crippen LogP contribution in [0, 0.1) is 0 Å². The van der Waals surface area contributed by atoms with Gasteiger partial charge < -0.3 is 21.3 Å². The van der Waals surface area contributed by atoms with E-state index in [2.05, 4.69) is 19.8 Å². The summed E-state index contributed by atoms with van der Waals surface area (Å²) in [5.74, 6) is 1.40. The number of hydrogen-bond donors (Lipinski definition) is 2.